The molecule has 1 N–H and O–H groups in total. The van der Waals surface area contributed by atoms with Gasteiger partial charge in [0, 0.05) is 33.7 Å². The molecule has 128 valence electrons. The molecule has 0 saturated carbocycles. The number of aryl methyl sites for hydroxylation is 1. The highest BCUT2D eigenvalue weighted by Crippen LogP contribution is 2.20. The second kappa shape index (κ2) is 7.42. The maximum absolute atomic E-state index is 12.4. The molecule has 1 atom stereocenters. The first-order valence-electron chi connectivity index (χ1n) is 7.82. The van der Waals surface area contributed by atoms with Crippen molar-refractivity contribution in [2.24, 2.45) is 5.92 Å². The number of rotatable bonds is 5. The molecular weight excluding hydrogens is 314 g/mol. The number of carbonyl (C=O) groups excluding carboxylic acids is 1. The van der Waals surface area contributed by atoms with E-state index < -0.39 is 10.2 Å². The van der Waals surface area contributed by atoms with Crippen molar-refractivity contribution in [1.82, 2.24) is 13.9 Å². The molecule has 1 aliphatic rings. The van der Waals surface area contributed by atoms with Crippen molar-refractivity contribution in [2.75, 3.05) is 27.2 Å². The number of benzene rings is 1. The van der Waals surface area contributed by atoms with Gasteiger partial charge in [-0.2, -0.15) is 17.0 Å². The van der Waals surface area contributed by atoms with Crippen LogP contribution < -0.4 is 5.32 Å². The first-order chi connectivity index (χ1) is 10.8. The summed E-state index contributed by atoms with van der Waals surface area (Å²) in [5.41, 5.74) is 2.21. The second-order valence-corrected chi connectivity index (χ2v) is 8.27. The molecule has 0 radical (unpaired) electrons. The van der Waals surface area contributed by atoms with Crippen LogP contribution in [0.15, 0.2) is 24.3 Å². The van der Waals surface area contributed by atoms with E-state index in [4.69, 9.17) is 0 Å². The maximum atomic E-state index is 12.4. The van der Waals surface area contributed by atoms with Gasteiger partial charge < -0.3 is 5.32 Å². The Labute approximate surface area is 138 Å². The van der Waals surface area contributed by atoms with Gasteiger partial charge in [-0.1, -0.05) is 24.3 Å². The number of hydrogen-bond acceptors (Lipinski definition) is 3. The van der Waals surface area contributed by atoms with Crippen molar-refractivity contribution < 1.29 is 13.2 Å². The summed E-state index contributed by atoms with van der Waals surface area (Å²) < 4.78 is 27.0. The summed E-state index contributed by atoms with van der Waals surface area (Å²) in [6.07, 6.45) is 1.43. The Balaban J connectivity index is 1.96. The number of nitrogens with one attached hydrogen (secondary N) is 1. The van der Waals surface area contributed by atoms with E-state index in [0.717, 1.165) is 17.5 Å². The standard InChI is InChI=1S/C16H25N3O3S/c1-13-7-4-5-8-14(13)11-17-16(20)15-9-6-10-19(12-15)23(21,22)18(2)3/h4-5,7-8,15H,6,9-12H2,1-3H3,(H,17,20). The summed E-state index contributed by atoms with van der Waals surface area (Å²) in [7, 11) is -0.431. The zero-order valence-electron chi connectivity index (χ0n) is 13.9. The lowest BCUT2D eigenvalue weighted by Crippen LogP contribution is -2.48. The van der Waals surface area contributed by atoms with Crippen LogP contribution in [-0.4, -0.2) is 50.1 Å². The Bertz CT molecular complexity index is 658. The summed E-state index contributed by atoms with van der Waals surface area (Å²) >= 11 is 0. The van der Waals surface area contributed by atoms with Crippen LogP contribution in [0.4, 0.5) is 0 Å². The van der Waals surface area contributed by atoms with Gasteiger partial charge in [0.25, 0.3) is 10.2 Å². The monoisotopic (exact) mass is 339 g/mol. The molecule has 23 heavy (non-hydrogen) atoms. The molecule has 0 aromatic heterocycles. The fourth-order valence-corrected chi connectivity index (χ4v) is 3.92. The van der Waals surface area contributed by atoms with E-state index in [0.29, 0.717) is 19.5 Å². The molecule has 1 aromatic carbocycles. The van der Waals surface area contributed by atoms with Gasteiger partial charge in [0.05, 0.1) is 5.92 Å². The van der Waals surface area contributed by atoms with Crippen molar-refractivity contribution in [1.29, 1.82) is 0 Å². The van der Waals surface area contributed by atoms with Gasteiger partial charge in [-0.3, -0.25) is 4.79 Å². The fraction of sp³-hybridized carbons (Fsp3) is 0.562. The highest BCUT2D eigenvalue weighted by Gasteiger charge is 2.33. The predicted molar refractivity (Wildman–Crippen MR) is 89.9 cm³/mol. The first kappa shape index (κ1) is 17.9. The Kier molecular flexibility index (Phi) is 5.78. The second-order valence-electron chi connectivity index (χ2n) is 6.13. The van der Waals surface area contributed by atoms with Crippen molar-refractivity contribution in [3.8, 4) is 0 Å². The van der Waals surface area contributed by atoms with E-state index in [1.807, 2.05) is 31.2 Å². The Morgan fingerprint density at radius 3 is 2.70 bits per heavy atom. The average Bonchev–Trinajstić information content (AvgIpc) is 2.53. The summed E-state index contributed by atoms with van der Waals surface area (Å²) in [4.78, 5) is 12.4. The van der Waals surface area contributed by atoms with Gasteiger partial charge in [-0.15, -0.1) is 0 Å². The van der Waals surface area contributed by atoms with Crippen LogP contribution in [0.5, 0.6) is 0 Å². The number of amides is 1. The molecule has 0 spiro atoms. The highest BCUT2D eigenvalue weighted by atomic mass is 32.2. The van der Waals surface area contributed by atoms with E-state index in [1.54, 1.807) is 0 Å². The number of nitrogens with zero attached hydrogens (tertiary/aromatic N) is 2. The fourth-order valence-electron chi connectivity index (χ4n) is 2.73. The smallest absolute Gasteiger partial charge is 0.281 e. The zero-order valence-corrected chi connectivity index (χ0v) is 14.8. The van der Waals surface area contributed by atoms with Crippen LogP contribution in [0, 0.1) is 12.8 Å². The topological polar surface area (TPSA) is 69.7 Å². The molecule has 7 heteroatoms. The van der Waals surface area contributed by atoms with Crippen LogP contribution in [0.1, 0.15) is 24.0 Å². The first-order valence-corrected chi connectivity index (χ1v) is 9.22. The zero-order chi connectivity index (χ0) is 17.0. The van der Waals surface area contributed by atoms with Crippen molar-refractivity contribution in [2.45, 2.75) is 26.3 Å². The molecule has 1 unspecified atom stereocenters. The van der Waals surface area contributed by atoms with E-state index >= 15 is 0 Å². The minimum Gasteiger partial charge on any atom is -0.352 e. The van der Waals surface area contributed by atoms with Gasteiger partial charge in [-0.05, 0) is 30.9 Å². The van der Waals surface area contributed by atoms with Crippen molar-refractivity contribution in [3.63, 3.8) is 0 Å². The van der Waals surface area contributed by atoms with Crippen LogP contribution >= 0.6 is 0 Å². The molecule has 1 amide bonds. The average molecular weight is 339 g/mol. The lowest BCUT2D eigenvalue weighted by molar-refractivity contribution is -0.126. The maximum Gasteiger partial charge on any atom is 0.281 e. The molecule has 6 nitrogen and oxygen atoms in total. The summed E-state index contributed by atoms with van der Waals surface area (Å²) in [6.45, 7) is 3.21. The van der Waals surface area contributed by atoms with Crippen LogP contribution in [-0.2, 0) is 21.5 Å². The highest BCUT2D eigenvalue weighted by molar-refractivity contribution is 7.86. The third-order valence-electron chi connectivity index (χ3n) is 4.26. The van der Waals surface area contributed by atoms with Gasteiger partial charge in [-0.25, -0.2) is 0 Å². The molecule has 1 aromatic rings. The summed E-state index contributed by atoms with van der Waals surface area (Å²) in [5.74, 6) is -0.366. The minimum absolute atomic E-state index is 0.0769. The van der Waals surface area contributed by atoms with Crippen molar-refractivity contribution >= 4 is 16.1 Å². The lowest BCUT2D eigenvalue weighted by atomic mass is 9.98. The van der Waals surface area contributed by atoms with Crippen LogP contribution in [0.3, 0.4) is 0 Å². The van der Waals surface area contributed by atoms with E-state index in [2.05, 4.69) is 5.32 Å². The Morgan fingerprint density at radius 1 is 1.35 bits per heavy atom. The van der Waals surface area contributed by atoms with E-state index in [-0.39, 0.29) is 18.4 Å². The Hall–Kier alpha value is -1.44. The largest absolute Gasteiger partial charge is 0.352 e. The minimum atomic E-state index is -3.45. The third-order valence-corrected chi connectivity index (χ3v) is 6.16. The van der Waals surface area contributed by atoms with Crippen LogP contribution in [0.2, 0.25) is 0 Å². The molecule has 1 fully saturated rings. The molecule has 1 saturated heterocycles. The molecule has 0 aliphatic carbocycles. The molecule has 1 heterocycles. The van der Waals surface area contributed by atoms with Crippen LogP contribution in [0.25, 0.3) is 0 Å². The third kappa shape index (κ3) is 4.31. The number of hydrogen-bond donors (Lipinski definition) is 1. The van der Waals surface area contributed by atoms with E-state index in [1.165, 1.54) is 22.7 Å². The summed E-state index contributed by atoms with van der Waals surface area (Å²) in [6, 6.07) is 7.90. The molecule has 2 rings (SSSR count). The van der Waals surface area contributed by atoms with Gasteiger partial charge in [0.15, 0.2) is 0 Å². The number of piperidine rings is 1. The summed E-state index contributed by atoms with van der Waals surface area (Å²) in [5, 5.41) is 2.94. The van der Waals surface area contributed by atoms with Crippen molar-refractivity contribution in [3.05, 3.63) is 35.4 Å². The predicted octanol–water partition coefficient (Wildman–Crippen LogP) is 1.13. The van der Waals surface area contributed by atoms with Gasteiger partial charge >= 0.3 is 0 Å². The van der Waals surface area contributed by atoms with Gasteiger partial charge in [0.1, 0.15) is 0 Å². The molecule has 0 bridgehead atoms. The quantitative estimate of drug-likeness (QED) is 0.874. The van der Waals surface area contributed by atoms with Gasteiger partial charge in [0.2, 0.25) is 5.91 Å². The number of carbonyl (C=O) groups is 1. The van der Waals surface area contributed by atoms with E-state index in [9.17, 15) is 13.2 Å². The molecule has 1 aliphatic heterocycles. The normalized spacial score (nSPS) is 19.7. The Morgan fingerprint density at radius 2 is 2.04 bits per heavy atom. The SMILES string of the molecule is Cc1ccccc1CNC(=O)C1CCCN(S(=O)(=O)N(C)C)C1. The molecular formula is C16H25N3O3S. The lowest BCUT2D eigenvalue weighted by Gasteiger charge is -2.32.